The van der Waals surface area contributed by atoms with Crippen molar-refractivity contribution in [3.8, 4) is 0 Å². The van der Waals surface area contributed by atoms with Crippen molar-refractivity contribution in [3.63, 3.8) is 0 Å². The van der Waals surface area contributed by atoms with E-state index >= 15 is 0 Å². The van der Waals surface area contributed by atoms with E-state index in [1.165, 1.54) is 11.1 Å². The lowest BCUT2D eigenvalue weighted by Gasteiger charge is -2.26. The third kappa shape index (κ3) is 2.18. The summed E-state index contributed by atoms with van der Waals surface area (Å²) in [5, 5.41) is 2.91. The van der Waals surface area contributed by atoms with Gasteiger partial charge < -0.3 is 10.2 Å². The molecular weight excluding hydrogens is 262 g/mol. The van der Waals surface area contributed by atoms with Crippen molar-refractivity contribution in [2.45, 2.75) is 19.4 Å². The first-order valence-electron chi connectivity index (χ1n) is 7.11. The van der Waals surface area contributed by atoms with Gasteiger partial charge in [0.15, 0.2) is 0 Å². The molecule has 2 aliphatic rings. The van der Waals surface area contributed by atoms with Gasteiger partial charge in [-0.25, -0.2) is 4.99 Å². The maximum atomic E-state index is 11.4. The second kappa shape index (κ2) is 4.74. The number of nitrogens with one attached hydrogen (secondary N) is 1. The maximum Gasteiger partial charge on any atom is 0.224 e. The lowest BCUT2D eigenvalue weighted by molar-refractivity contribution is -0.116. The van der Waals surface area contributed by atoms with Crippen molar-refractivity contribution in [3.05, 3.63) is 53.6 Å². The predicted molar refractivity (Wildman–Crippen MR) is 84.2 cm³/mol. The van der Waals surface area contributed by atoms with E-state index in [0.717, 1.165) is 30.0 Å². The first kappa shape index (κ1) is 12.1. The molecule has 2 heterocycles. The molecule has 4 rings (SSSR count). The van der Waals surface area contributed by atoms with Crippen LogP contribution < -0.4 is 10.2 Å². The number of anilines is 2. The molecule has 0 fully saturated rings. The zero-order valence-electron chi connectivity index (χ0n) is 11.5. The van der Waals surface area contributed by atoms with Crippen LogP contribution >= 0.6 is 0 Å². The van der Waals surface area contributed by atoms with Gasteiger partial charge >= 0.3 is 0 Å². The van der Waals surface area contributed by atoms with Crippen LogP contribution in [0.5, 0.6) is 0 Å². The van der Waals surface area contributed by atoms with Crippen molar-refractivity contribution in [2.24, 2.45) is 4.99 Å². The molecule has 0 radical (unpaired) electrons. The highest BCUT2D eigenvalue weighted by molar-refractivity contribution is 5.94. The third-order valence-corrected chi connectivity index (χ3v) is 3.98. The van der Waals surface area contributed by atoms with Crippen molar-refractivity contribution in [2.75, 3.05) is 10.2 Å². The number of amides is 1. The summed E-state index contributed by atoms with van der Waals surface area (Å²) < 4.78 is 0. The number of aryl methyl sites for hydroxylation is 1. The molecule has 0 saturated heterocycles. The molecule has 0 bridgehead atoms. The predicted octanol–water partition coefficient (Wildman–Crippen LogP) is 3.25. The summed E-state index contributed by atoms with van der Waals surface area (Å²) in [7, 11) is 0. The minimum Gasteiger partial charge on any atom is -0.328 e. The highest BCUT2D eigenvalue weighted by Gasteiger charge is 2.18. The van der Waals surface area contributed by atoms with Crippen LogP contribution in [0, 0.1) is 0 Å². The molecule has 1 N–H and O–H groups in total. The normalized spacial score (nSPS) is 16.2. The molecule has 0 saturated carbocycles. The Kier molecular flexibility index (Phi) is 2.74. The first-order chi connectivity index (χ1) is 10.3. The first-order valence-corrected chi connectivity index (χ1v) is 7.11. The summed E-state index contributed by atoms with van der Waals surface area (Å²) in [6.07, 6.45) is 3.25. The summed E-state index contributed by atoms with van der Waals surface area (Å²) in [6.45, 7) is 0.824. The number of hydrogen-bond donors (Lipinski definition) is 1. The molecule has 21 heavy (non-hydrogen) atoms. The Morgan fingerprint density at radius 2 is 1.95 bits per heavy atom. The second-order valence-electron chi connectivity index (χ2n) is 5.39. The number of para-hydroxylation sites is 1. The Morgan fingerprint density at radius 1 is 1.05 bits per heavy atom. The molecule has 0 aliphatic carbocycles. The van der Waals surface area contributed by atoms with E-state index in [4.69, 9.17) is 0 Å². The fraction of sp³-hybridized carbons (Fsp3) is 0.176. The largest absolute Gasteiger partial charge is 0.328 e. The van der Waals surface area contributed by atoms with Gasteiger partial charge in [0.1, 0.15) is 0 Å². The van der Waals surface area contributed by atoms with Crippen LogP contribution in [0.25, 0.3) is 0 Å². The average Bonchev–Trinajstić information content (AvgIpc) is 2.54. The number of rotatable bonds is 1. The monoisotopic (exact) mass is 277 g/mol. The lowest BCUT2D eigenvalue weighted by atomic mass is 10.0. The van der Waals surface area contributed by atoms with Gasteiger partial charge in [0.25, 0.3) is 0 Å². The maximum absolute atomic E-state index is 11.4. The average molecular weight is 277 g/mol. The van der Waals surface area contributed by atoms with Crippen LogP contribution in [-0.2, 0) is 17.8 Å². The van der Waals surface area contributed by atoms with Gasteiger partial charge in [0.05, 0.1) is 18.6 Å². The Morgan fingerprint density at radius 3 is 2.90 bits per heavy atom. The lowest BCUT2D eigenvalue weighted by Crippen LogP contribution is -2.24. The SMILES string of the molecule is O=C1CCc2cc(N3C=Nc4ccccc4C3)ccc2N1. The molecule has 2 aromatic carbocycles. The van der Waals surface area contributed by atoms with Gasteiger partial charge in [-0.05, 0) is 41.8 Å². The molecule has 2 aliphatic heterocycles. The fourth-order valence-electron chi connectivity index (χ4n) is 2.83. The highest BCUT2D eigenvalue weighted by atomic mass is 16.1. The minimum atomic E-state index is 0.101. The van der Waals surface area contributed by atoms with E-state index in [1.807, 2.05) is 36.7 Å². The van der Waals surface area contributed by atoms with Crippen LogP contribution in [0.1, 0.15) is 17.5 Å². The van der Waals surface area contributed by atoms with Crippen molar-refractivity contribution in [1.82, 2.24) is 0 Å². The Balaban J connectivity index is 1.65. The van der Waals surface area contributed by atoms with Crippen molar-refractivity contribution >= 4 is 29.3 Å². The van der Waals surface area contributed by atoms with Crippen LogP contribution in [0.3, 0.4) is 0 Å². The number of nitrogens with zero attached hydrogens (tertiary/aromatic N) is 2. The zero-order chi connectivity index (χ0) is 14.2. The molecule has 104 valence electrons. The third-order valence-electron chi connectivity index (χ3n) is 3.98. The van der Waals surface area contributed by atoms with Crippen LogP contribution in [0.4, 0.5) is 17.1 Å². The van der Waals surface area contributed by atoms with E-state index in [0.29, 0.717) is 6.42 Å². The quantitative estimate of drug-likeness (QED) is 0.869. The number of hydrogen-bond acceptors (Lipinski definition) is 3. The zero-order valence-corrected chi connectivity index (χ0v) is 11.5. The van der Waals surface area contributed by atoms with E-state index in [2.05, 4.69) is 27.3 Å². The summed E-state index contributed by atoms with van der Waals surface area (Å²) >= 11 is 0. The number of carbonyl (C=O) groups excluding carboxylic acids is 1. The Labute approximate surface area is 123 Å². The van der Waals surface area contributed by atoms with E-state index in [1.54, 1.807) is 0 Å². The van der Waals surface area contributed by atoms with Gasteiger partial charge in [-0.15, -0.1) is 0 Å². The molecule has 4 nitrogen and oxygen atoms in total. The molecule has 4 heteroatoms. The van der Waals surface area contributed by atoms with Gasteiger partial charge in [-0.3, -0.25) is 4.79 Å². The highest BCUT2D eigenvalue weighted by Crippen LogP contribution is 2.31. The molecule has 2 aromatic rings. The molecule has 0 aromatic heterocycles. The summed E-state index contributed by atoms with van der Waals surface area (Å²) in [6, 6.07) is 14.4. The molecule has 0 atom stereocenters. The van der Waals surface area contributed by atoms with E-state index < -0.39 is 0 Å². The molecular formula is C17H15N3O. The van der Waals surface area contributed by atoms with Crippen LogP contribution in [0.2, 0.25) is 0 Å². The molecule has 0 unspecified atom stereocenters. The van der Waals surface area contributed by atoms with Gasteiger partial charge in [-0.1, -0.05) is 18.2 Å². The van der Waals surface area contributed by atoms with Gasteiger partial charge in [0.2, 0.25) is 5.91 Å². The molecule has 0 spiro atoms. The smallest absolute Gasteiger partial charge is 0.224 e. The number of aliphatic imine (C=N–C) groups is 1. The summed E-state index contributed by atoms with van der Waals surface area (Å²) in [5.41, 5.74) is 5.51. The Bertz CT molecular complexity index is 751. The number of carbonyl (C=O) groups is 1. The van der Waals surface area contributed by atoms with Crippen LogP contribution in [-0.4, -0.2) is 12.2 Å². The van der Waals surface area contributed by atoms with Gasteiger partial charge in [0, 0.05) is 17.8 Å². The molecule has 1 amide bonds. The minimum absolute atomic E-state index is 0.101. The number of benzene rings is 2. The van der Waals surface area contributed by atoms with E-state index in [-0.39, 0.29) is 5.91 Å². The van der Waals surface area contributed by atoms with Gasteiger partial charge in [-0.2, -0.15) is 0 Å². The van der Waals surface area contributed by atoms with Crippen molar-refractivity contribution < 1.29 is 4.79 Å². The second-order valence-corrected chi connectivity index (χ2v) is 5.39. The standard InChI is InChI=1S/C17H15N3O/c21-17-8-5-12-9-14(6-7-16(12)19-17)20-10-13-3-1-2-4-15(13)18-11-20/h1-4,6-7,9,11H,5,8,10H2,(H,19,21). The summed E-state index contributed by atoms with van der Waals surface area (Å²) in [5.74, 6) is 0.101. The van der Waals surface area contributed by atoms with Crippen LogP contribution in [0.15, 0.2) is 47.5 Å². The topological polar surface area (TPSA) is 44.7 Å². The Hall–Kier alpha value is -2.62. The van der Waals surface area contributed by atoms with Crippen molar-refractivity contribution in [1.29, 1.82) is 0 Å². The fourth-order valence-corrected chi connectivity index (χ4v) is 2.83. The summed E-state index contributed by atoms with van der Waals surface area (Å²) in [4.78, 5) is 18.1. The number of fused-ring (bicyclic) bond motifs is 2. The van der Waals surface area contributed by atoms with E-state index in [9.17, 15) is 4.79 Å².